The lowest BCUT2D eigenvalue weighted by molar-refractivity contribution is -0.143. The second kappa shape index (κ2) is 12.2. The van der Waals surface area contributed by atoms with E-state index in [2.05, 4.69) is 26.0 Å². The minimum absolute atomic E-state index is 0.117. The maximum atomic E-state index is 12.9. The zero-order valence-corrected chi connectivity index (χ0v) is 22.4. The van der Waals surface area contributed by atoms with Crippen molar-refractivity contribution >= 4 is 74.1 Å². The number of imide groups is 1. The van der Waals surface area contributed by atoms with E-state index in [1.165, 1.54) is 33.5 Å². The average molecular weight is 600 g/mol. The molecule has 2 aromatic rings. The van der Waals surface area contributed by atoms with Crippen molar-refractivity contribution in [2.45, 2.75) is 0 Å². The van der Waals surface area contributed by atoms with E-state index in [9.17, 15) is 19.2 Å². The predicted octanol–water partition coefficient (Wildman–Crippen LogP) is 4.35. The van der Waals surface area contributed by atoms with Gasteiger partial charge in [-0.2, -0.15) is 0 Å². The Labute approximate surface area is 224 Å². The number of amides is 3. The highest BCUT2D eigenvalue weighted by molar-refractivity contribution is 9.10. The molecule has 10 nitrogen and oxygen atoms in total. The quantitative estimate of drug-likeness (QED) is 0.331. The molecule has 13 heteroatoms. The highest BCUT2D eigenvalue weighted by Gasteiger charge is 2.36. The van der Waals surface area contributed by atoms with Crippen LogP contribution in [0.4, 0.5) is 10.5 Å². The van der Waals surface area contributed by atoms with Crippen molar-refractivity contribution in [3.8, 4) is 17.2 Å². The van der Waals surface area contributed by atoms with Gasteiger partial charge in [0.1, 0.15) is 12.3 Å². The first-order chi connectivity index (χ1) is 17.2. The Kier molecular flexibility index (Phi) is 9.24. The molecule has 1 aliphatic heterocycles. The molecule has 0 aromatic heterocycles. The van der Waals surface area contributed by atoms with Gasteiger partial charge in [0.25, 0.3) is 11.1 Å². The number of carbonyl (C=O) groups is 4. The lowest BCUT2D eigenvalue weighted by Crippen LogP contribution is -2.36. The first-order valence-electron chi connectivity index (χ1n) is 10.1. The number of anilines is 1. The molecule has 2 aromatic carbocycles. The number of nitrogens with one attached hydrogen (secondary N) is 1. The Morgan fingerprint density at radius 2 is 1.81 bits per heavy atom. The Hall–Kier alpha value is -3.22. The molecule has 36 heavy (non-hydrogen) atoms. The number of methoxy groups -OCH3 is 3. The molecule has 1 saturated heterocycles. The smallest absolute Gasteiger partial charge is 0.343 e. The van der Waals surface area contributed by atoms with Gasteiger partial charge in [-0.15, -0.1) is 0 Å². The SMILES string of the molecule is COC(=O)COc1cc(Br)c(/C=C2/SC(=O)N(CC(=O)Nc3ccc(OC)c(Cl)c3)C2=O)cc1OC. The third kappa shape index (κ3) is 6.50. The molecule has 1 N–H and O–H groups in total. The number of nitrogens with zero attached hydrogens (tertiary/aromatic N) is 1. The van der Waals surface area contributed by atoms with Crippen molar-refractivity contribution in [3.05, 3.63) is 50.3 Å². The molecule has 1 aliphatic rings. The van der Waals surface area contributed by atoms with Crippen LogP contribution in [0.25, 0.3) is 6.08 Å². The van der Waals surface area contributed by atoms with Crippen molar-refractivity contribution in [1.82, 2.24) is 4.90 Å². The van der Waals surface area contributed by atoms with Gasteiger partial charge in [-0.1, -0.05) is 27.5 Å². The summed E-state index contributed by atoms with van der Waals surface area (Å²) in [6.45, 7) is -0.793. The normalized spacial score (nSPS) is 14.1. The molecule has 0 spiro atoms. The van der Waals surface area contributed by atoms with Crippen molar-refractivity contribution in [2.24, 2.45) is 0 Å². The Morgan fingerprint density at radius 1 is 1.08 bits per heavy atom. The van der Waals surface area contributed by atoms with E-state index in [0.29, 0.717) is 44.0 Å². The minimum atomic E-state index is -0.621. The standard InChI is InChI=1S/C23H20BrClN2O8S/c1-32-16-5-4-13(8-15(16)25)26-20(28)10-27-22(30)19(36-23(27)31)7-12-6-17(33-2)18(9-14(12)24)35-11-21(29)34-3/h4-9H,10-11H2,1-3H3,(H,26,28)/b19-7+. The highest BCUT2D eigenvalue weighted by atomic mass is 79.9. The molecule has 1 heterocycles. The third-order valence-electron chi connectivity index (χ3n) is 4.75. The summed E-state index contributed by atoms with van der Waals surface area (Å²) < 4.78 is 20.9. The summed E-state index contributed by atoms with van der Waals surface area (Å²) in [4.78, 5) is 50.1. The fourth-order valence-corrected chi connectivity index (χ4v) is 4.52. The van der Waals surface area contributed by atoms with E-state index >= 15 is 0 Å². The van der Waals surface area contributed by atoms with Crippen LogP contribution in [0.2, 0.25) is 5.02 Å². The number of hydrogen-bond donors (Lipinski definition) is 1. The zero-order valence-electron chi connectivity index (χ0n) is 19.3. The van der Waals surface area contributed by atoms with Crippen LogP contribution in [0.15, 0.2) is 39.7 Å². The molecule has 0 saturated carbocycles. The highest BCUT2D eigenvalue weighted by Crippen LogP contribution is 2.38. The van der Waals surface area contributed by atoms with E-state index in [1.807, 2.05) is 0 Å². The third-order valence-corrected chi connectivity index (χ3v) is 6.64. The van der Waals surface area contributed by atoms with E-state index in [-0.39, 0.29) is 17.3 Å². The fourth-order valence-electron chi connectivity index (χ4n) is 3.00. The van der Waals surface area contributed by atoms with Crippen LogP contribution in [0, 0.1) is 0 Å². The number of hydrogen-bond acceptors (Lipinski definition) is 9. The van der Waals surface area contributed by atoms with Crippen molar-refractivity contribution in [3.63, 3.8) is 0 Å². The van der Waals surface area contributed by atoms with Crippen molar-refractivity contribution in [1.29, 1.82) is 0 Å². The number of rotatable bonds is 9. The summed E-state index contributed by atoms with van der Waals surface area (Å²) in [6, 6.07) is 7.80. The molecular formula is C23H20BrClN2O8S. The summed E-state index contributed by atoms with van der Waals surface area (Å²) in [6.07, 6.45) is 1.49. The molecule has 0 aliphatic carbocycles. The van der Waals surface area contributed by atoms with Crippen LogP contribution in [-0.4, -0.2) is 62.4 Å². The number of benzene rings is 2. The minimum Gasteiger partial charge on any atom is -0.495 e. The molecule has 0 bridgehead atoms. The lowest BCUT2D eigenvalue weighted by atomic mass is 10.2. The summed E-state index contributed by atoms with van der Waals surface area (Å²) in [5.74, 6) is -0.748. The van der Waals surface area contributed by atoms with Gasteiger partial charge in [-0.3, -0.25) is 19.3 Å². The van der Waals surface area contributed by atoms with Crippen LogP contribution in [0.1, 0.15) is 5.56 Å². The van der Waals surface area contributed by atoms with E-state index in [1.54, 1.807) is 24.3 Å². The first kappa shape index (κ1) is 27.4. The van der Waals surface area contributed by atoms with Gasteiger partial charge in [0.15, 0.2) is 18.1 Å². The van der Waals surface area contributed by atoms with Crippen molar-refractivity contribution < 1.29 is 38.1 Å². The molecule has 1 fully saturated rings. The van der Waals surface area contributed by atoms with Crippen molar-refractivity contribution in [2.75, 3.05) is 39.8 Å². The molecule has 0 atom stereocenters. The maximum absolute atomic E-state index is 12.9. The second-order valence-electron chi connectivity index (χ2n) is 7.05. The number of ether oxygens (including phenoxy) is 4. The first-order valence-corrected chi connectivity index (χ1v) is 12.1. The number of halogens is 2. The summed E-state index contributed by atoms with van der Waals surface area (Å²) in [5.41, 5.74) is 0.902. The lowest BCUT2D eigenvalue weighted by Gasteiger charge is -2.13. The van der Waals surface area contributed by atoms with Gasteiger partial charge in [0, 0.05) is 10.2 Å². The number of esters is 1. The monoisotopic (exact) mass is 598 g/mol. The predicted molar refractivity (Wildman–Crippen MR) is 138 cm³/mol. The van der Waals surface area contributed by atoms with Gasteiger partial charge in [-0.25, -0.2) is 4.79 Å². The molecule has 3 rings (SSSR count). The van der Waals surface area contributed by atoms with Gasteiger partial charge in [0.2, 0.25) is 5.91 Å². The topological polar surface area (TPSA) is 120 Å². The molecule has 190 valence electrons. The van der Waals surface area contributed by atoms with Crippen LogP contribution in [-0.2, 0) is 19.1 Å². The van der Waals surface area contributed by atoms with Crippen LogP contribution in [0.5, 0.6) is 17.2 Å². The zero-order chi connectivity index (χ0) is 26.4. The molecule has 0 unspecified atom stereocenters. The summed E-state index contributed by atoms with van der Waals surface area (Å²) >= 11 is 10.1. The van der Waals surface area contributed by atoms with Gasteiger partial charge in [-0.05, 0) is 53.7 Å². The summed E-state index contributed by atoms with van der Waals surface area (Å²) in [5, 5.41) is 2.31. The summed E-state index contributed by atoms with van der Waals surface area (Å²) in [7, 11) is 4.13. The number of carbonyl (C=O) groups excluding carboxylic acids is 4. The Morgan fingerprint density at radius 3 is 2.44 bits per heavy atom. The maximum Gasteiger partial charge on any atom is 0.343 e. The van der Waals surface area contributed by atoms with Gasteiger partial charge < -0.3 is 24.3 Å². The molecule has 3 amide bonds. The van der Waals surface area contributed by atoms with Gasteiger partial charge >= 0.3 is 5.97 Å². The Balaban J connectivity index is 1.73. The van der Waals surface area contributed by atoms with Gasteiger partial charge in [0.05, 0.1) is 31.3 Å². The van der Waals surface area contributed by atoms with E-state index < -0.39 is 29.6 Å². The van der Waals surface area contributed by atoms with Crippen LogP contribution < -0.4 is 19.5 Å². The largest absolute Gasteiger partial charge is 0.495 e. The Bertz CT molecular complexity index is 1250. The number of thioether (sulfide) groups is 1. The van der Waals surface area contributed by atoms with E-state index in [0.717, 1.165) is 4.90 Å². The molecule has 0 radical (unpaired) electrons. The fraction of sp³-hybridized carbons (Fsp3) is 0.217. The molecular weight excluding hydrogens is 580 g/mol. The second-order valence-corrected chi connectivity index (χ2v) is 9.31. The average Bonchev–Trinajstić information content (AvgIpc) is 3.11. The van der Waals surface area contributed by atoms with Crippen LogP contribution in [0.3, 0.4) is 0 Å². The van der Waals surface area contributed by atoms with Crippen LogP contribution >= 0.6 is 39.3 Å². The van der Waals surface area contributed by atoms with E-state index in [4.69, 9.17) is 25.8 Å².